The molecule has 4 aromatic rings. The molecule has 0 unspecified atom stereocenters. The van der Waals surface area contributed by atoms with Crippen molar-refractivity contribution in [2.75, 3.05) is 20.3 Å². The molecule has 0 fully saturated rings. The zero-order valence-electron chi connectivity index (χ0n) is 22.8. The number of benzene rings is 2. The molecule has 1 aliphatic rings. The number of amides is 2. The van der Waals surface area contributed by atoms with Crippen molar-refractivity contribution < 1.29 is 41.7 Å². The lowest BCUT2D eigenvalue weighted by molar-refractivity contribution is -0.265. The molecule has 0 bridgehead atoms. The minimum absolute atomic E-state index is 0.0356. The largest absolute Gasteiger partial charge is 0.497 e. The van der Waals surface area contributed by atoms with E-state index in [4.69, 9.17) is 15.2 Å². The number of nitrogens with one attached hydrogen (secondary N) is 2. The fourth-order valence-electron chi connectivity index (χ4n) is 4.70. The fraction of sp³-hybridized carbons (Fsp3) is 0.241. The number of primary amides is 1. The highest BCUT2D eigenvalue weighted by atomic mass is 19.4. The summed E-state index contributed by atoms with van der Waals surface area (Å²) in [5.41, 5.74) is -0.148. The van der Waals surface area contributed by atoms with E-state index in [9.17, 15) is 32.3 Å². The summed E-state index contributed by atoms with van der Waals surface area (Å²) in [7, 11) is 1.45. The molecule has 2 amide bonds. The number of ether oxygens (including phenoxy) is 2. The van der Waals surface area contributed by atoms with Crippen molar-refractivity contribution in [3.63, 3.8) is 0 Å². The Labute approximate surface area is 241 Å². The summed E-state index contributed by atoms with van der Waals surface area (Å²) in [4.78, 5) is 29.6. The van der Waals surface area contributed by atoms with E-state index in [1.54, 1.807) is 24.3 Å². The van der Waals surface area contributed by atoms with Crippen LogP contribution in [0.1, 0.15) is 28.5 Å². The Bertz CT molecular complexity index is 1710. The number of rotatable bonds is 8. The highest BCUT2D eigenvalue weighted by Crippen LogP contribution is 2.47. The molecule has 0 radical (unpaired) electrons. The zero-order valence-corrected chi connectivity index (χ0v) is 22.8. The van der Waals surface area contributed by atoms with Gasteiger partial charge in [0, 0.05) is 16.7 Å². The number of aromatic nitrogens is 3. The van der Waals surface area contributed by atoms with Gasteiger partial charge in [0.1, 0.15) is 35.0 Å². The number of pyridine rings is 1. The van der Waals surface area contributed by atoms with Crippen LogP contribution in [0.4, 0.5) is 17.6 Å². The van der Waals surface area contributed by atoms with Gasteiger partial charge < -0.3 is 25.6 Å². The first-order chi connectivity index (χ1) is 20.3. The molecule has 5 N–H and O–H groups in total. The quantitative estimate of drug-likeness (QED) is 0.226. The summed E-state index contributed by atoms with van der Waals surface area (Å²) < 4.78 is 68.4. The van der Waals surface area contributed by atoms with Gasteiger partial charge in [-0.05, 0) is 49.4 Å². The van der Waals surface area contributed by atoms with Crippen LogP contribution in [-0.2, 0) is 15.8 Å². The third kappa shape index (κ3) is 5.14. The Morgan fingerprint density at radius 2 is 1.88 bits per heavy atom. The van der Waals surface area contributed by atoms with Crippen molar-refractivity contribution in [3.05, 3.63) is 83.4 Å². The second kappa shape index (κ2) is 10.7. The molecule has 10 nitrogen and oxygen atoms in total. The van der Waals surface area contributed by atoms with Crippen LogP contribution in [0.25, 0.3) is 22.5 Å². The highest BCUT2D eigenvalue weighted by Gasteiger charge is 2.57. The molecule has 1 aliphatic heterocycles. The molecule has 2 aromatic heterocycles. The highest BCUT2D eigenvalue weighted by molar-refractivity contribution is 5.99. The maximum absolute atomic E-state index is 14.7. The number of aliphatic hydroxyl groups is 1. The average Bonchev–Trinajstić information content (AvgIpc) is 3.61. The van der Waals surface area contributed by atoms with E-state index in [1.165, 1.54) is 26.2 Å². The molecule has 0 saturated carbocycles. The zero-order chi connectivity index (χ0) is 31.2. The molecule has 0 spiro atoms. The standard InChI is InChI=1S/C29H25F4N5O5/c1-27(26(34)40)14-43-24-20(27)11-21(37-23(24)15-6-8-17(30)9-7-15)28(41,29(31,32)33)13-35-25(39)19-12-36-38-22(19)16-4-3-5-18(10-16)42-2/h3-12,41H,13-14H2,1-2H3,(H2,34,40)(H,35,39)(H,36,38)/t27-,28-/m0/s1. The van der Waals surface area contributed by atoms with Crippen molar-refractivity contribution in [3.8, 4) is 34.0 Å². The predicted octanol–water partition coefficient (Wildman–Crippen LogP) is 3.60. The van der Waals surface area contributed by atoms with Crippen molar-refractivity contribution in [2.24, 2.45) is 5.73 Å². The number of carbonyl (C=O) groups excluding carboxylic acids is 2. The molecule has 0 saturated heterocycles. The van der Waals surface area contributed by atoms with E-state index in [-0.39, 0.29) is 40.4 Å². The van der Waals surface area contributed by atoms with E-state index in [0.29, 0.717) is 11.3 Å². The minimum atomic E-state index is -5.36. The van der Waals surface area contributed by atoms with Crippen molar-refractivity contribution in [1.29, 1.82) is 0 Å². The number of carbonyl (C=O) groups is 2. The third-order valence-electron chi connectivity index (χ3n) is 7.37. The van der Waals surface area contributed by atoms with Crippen LogP contribution in [0.5, 0.6) is 11.5 Å². The summed E-state index contributed by atoms with van der Waals surface area (Å²) in [5.74, 6) is -2.04. The van der Waals surface area contributed by atoms with Gasteiger partial charge >= 0.3 is 6.18 Å². The molecule has 5 rings (SSSR count). The van der Waals surface area contributed by atoms with Crippen molar-refractivity contribution >= 4 is 11.8 Å². The SMILES string of the molecule is COc1cccc(-c2[nH]ncc2C(=O)NC[C@](O)(c2cc3c(c(-c4ccc(F)cc4)n2)OC[C@]3(C)C(N)=O)C(F)(F)F)c1. The lowest BCUT2D eigenvalue weighted by atomic mass is 9.81. The third-order valence-corrected chi connectivity index (χ3v) is 7.37. The number of nitrogens with two attached hydrogens (primary N) is 1. The molecular weight excluding hydrogens is 574 g/mol. The van der Waals surface area contributed by atoms with Gasteiger partial charge in [-0.1, -0.05) is 12.1 Å². The fourth-order valence-corrected chi connectivity index (χ4v) is 4.70. The smallest absolute Gasteiger partial charge is 0.424 e. The summed E-state index contributed by atoms with van der Waals surface area (Å²) in [6.45, 7) is -0.278. The number of hydrogen-bond donors (Lipinski definition) is 4. The molecular formula is C29H25F4N5O5. The van der Waals surface area contributed by atoms with Crippen molar-refractivity contribution in [1.82, 2.24) is 20.5 Å². The Kier molecular flexibility index (Phi) is 7.34. The molecule has 0 aliphatic carbocycles. The lowest BCUT2D eigenvalue weighted by Crippen LogP contribution is -2.51. The van der Waals surface area contributed by atoms with E-state index in [1.807, 2.05) is 0 Å². The number of alkyl halides is 3. The van der Waals surface area contributed by atoms with Crippen LogP contribution >= 0.6 is 0 Å². The first-order valence-corrected chi connectivity index (χ1v) is 12.8. The number of H-pyrrole nitrogens is 1. The number of halogens is 4. The number of methoxy groups -OCH3 is 1. The first kappa shape index (κ1) is 29.5. The topological polar surface area (TPSA) is 152 Å². The Hall–Kier alpha value is -4.98. The van der Waals surface area contributed by atoms with Crippen LogP contribution in [0.2, 0.25) is 0 Å². The van der Waals surface area contributed by atoms with Gasteiger partial charge in [-0.3, -0.25) is 14.7 Å². The van der Waals surface area contributed by atoms with Gasteiger partial charge in [0.05, 0.1) is 36.8 Å². The van der Waals surface area contributed by atoms with E-state index in [0.717, 1.165) is 24.4 Å². The number of fused-ring (bicyclic) bond motifs is 1. The number of nitrogens with zero attached hydrogens (tertiary/aromatic N) is 2. The Morgan fingerprint density at radius 3 is 2.53 bits per heavy atom. The van der Waals surface area contributed by atoms with Gasteiger partial charge in [0.15, 0.2) is 0 Å². The minimum Gasteiger partial charge on any atom is -0.497 e. The summed E-state index contributed by atoms with van der Waals surface area (Å²) in [6.07, 6.45) is -4.23. The Balaban J connectivity index is 1.56. The van der Waals surface area contributed by atoms with Gasteiger partial charge in [-0.15, -0.1) is 0 Å². The summed E-state index contributed by atoms with van der Waals surface area (Å²) >= 11 is 0. The van der Waals surface area contributed by atoms with Gasteiger partial charge in [-0.2, -0.15) is 18.3 Å². The van der Waals surface area contributed by atoms with E-state index < -0.39 is 47.1 Å². The van der Waals surface area contributed by atoms with Gasteiger partial charge in [0.2, 0.25) is 11.5 Å². The number of aromatic amines is 1. The average molecular weight is 600 g/mol. The van der Waals surface area contributed by atoms with E-state index in [2.05, 4.69) is 20.5 Å². The summed E-state index contributed by atoms with van der Waals surface area (Å²) in [5, 5.41) is 19.8. The maximum Gasteiger partial charge on any atom is 0.424 e. The van der Waals surface area contributed by atoms with Gasteiger partial charge in [-0.25, -0.2) is 9.37 Å². The van der Waals surface area contributed by atoms with Crippen LogP contribution in [-0.4, -0.2) is 58.5 Å². The van der Waals surface area contributed by atoms with Crippen molar-refractivity contribution in [2.45, 2.75) is 24.1 Å². The molecule has 224 valence electrons. The van der Waals surface area contributed by atoms with Crippen LogP contribution in [0, 0.1) is 5.82 Å². The van der Waals surface area contributed by atoms with Crippen LogP contribution in [0.15, 0.2) is 60.8 Å². The van der Waals surface area contributed by atoms with E-state index >= 15 is 0 Å². The molecule has 2 aromatic carbocycles. The number of hydrogen-bond acceptors (Lipinski definition) is 7. The second-order valence-corrected chi connectivity index (χ2v) is 10.2. The molecule has 43 heavy (non-hydrogen) atoms. The normalized spacial score (nSPS) is 17.5. The van der Waals surface area contributed by atoms with Crippen LogP contribution in [0.3, 0.4) is 0 Å². The lowest BCUT2D eigenvalue weighted by Gasteiger charge is -2.31. The first-order valence-electron chi connectivity index (χ1n) is 12.8. The van der Waals surface area contributed by atoms with Gasteiger partial charge in [0.25, 0.3) is 5.91 Å². The molecule has 3 heterocycles. The second-order valence-electron chi connectivity index (χ2n) is 10.2. The molecule has 2 atom stereocenters. The Morgan fingerprint density at radius 1 is 1.16 bits per heavy atom. The van der Waals surface area contributed by atoms with Crippen LogP contribution < -0.4 is 20.5 Å². The molecule has 14 heteroatoms. The monoisotopic (exact) mass is 599 g/mol. The maximum atomic E-state index is 14.7. The summed E-state index contributed by atoms with van der Waals surface area (Å²) in [6, 6.07) is 12.1. The predicted molar refractivity (Wildman–Crippen MR) is 145 cm³/mol.